The number of rotatable bonds is 12. The smallest absolute Gasteiger partial charge is 0.305 e. The maximum Gasteiger partial charge on any atom is 0.305 e. The third kappa shape index (κ3) is 12.1. The van der Waals surface area contributed by atoms with Crippen LogP contribution in [0.4, 0.5) is 0 Å². The van der Waals surface area contributed by atoms with Gasteiger partial charge in [-0.25, -0.2) is 0 Å². The van der Waals surface area contributed by atoms with Gasteiger partial charge >= 0.3 is 35.8 Å². The van der Waals surface area contributed by atoms with Crippen molar-refractivity contribution < 1.29 is 81.0 Å². The lowest BCUT2D eigenvalue weighted by Gasteiger charge is -2.49. The van der Waals surface area contributed by atoms with E-state index in [1.165, 1.54) is 0 Å². The molecule has 0 aliphatic carbocycles. The molecule has 2 rings (SSSR count). The molecule has 0 bridgehead atoms. The number of carbonyl (C=O) groups is 8. The third-order valence-corrected chi connectivity index (χ3v) is 6.41. The van der Waals surface area contributed by atoms with Crippen LogP contribution < -0.4 is 10.6 Å². The second-order valence-corrected chi connectivity index (χ2v) is 10.6. The number of esters is 6. The predicted molar refractivity (Wildman–Crippen MR) is 149 cm³/mol. The van der Waals surface area contributed by atoms with Crippen LogP contribution in [0.1, 0.15) is 55.4 Å². The number of amides is 2. The van der Waals surface area contributed by atoms with Crippen LogP contribution >= 0.6 is 0 Å². The zero-order valence-electron chi connectivity index (χ0n) is 27.1. The van der Waals surface area contributed by atoms with Crippen LogP contribution in [0.25, 0.3) is 0 Å². The quantitative estimate of drug-likeness (QED) is 0.173. The SMILES string of the molecule is CC(=O)N[C@H]1[C@@H](O[C@H]2[C@H](OC(C)=O)[C@@H](NC(C)=O)C(OC(C)=O)O[C@@H]2COC(C)=O)O[C@H](COC(C)=O)[C@@H](OC(C)=O)[C@@H]1OC(C)=O. The van der Waals surface area contributed by atoms with Crippen LogP contribution in [0.15, 0.2) is 0 Å². The molecule has 2 heterocycles. The first-order chi connectivity index (χ1) is 21.9. The van der Waals surface area contributed by atoms with Gasteiger partial charge in [-0.05, 0) is 0 Å². The Hall–Kier alpha value is -4.36. The number of hydrogen-bond donors (Lipinski definition) is 2. The highest BCUT2D eigenvalue weighted by Gasteiger charge is 2.56. The third-order valence-electron chi connectivity index (χ3n) is 6.41. The molecule has 2 saturated heterocycles. The maximum atomic E-state index is 12.4. The molecule has 2 aliphatic heterocycles. The van der Waals surface area contributed by atoms with Crippen molar-refractivity contribution >= 4 is 47.6 Å². The average molecular weight is 677 g/mol. The second kappa shape index (κ2) is 17.5. The lowest BCUT2D eigenvalue weighted by atomic mass is 9.94. The van der Waals surface area contributed by atoms with Gasteiger partial charge in [0.05, 0.1) is 0 Å². The van der Waals surface area contributed by atoms with E-state index in [1.807, 2.05) is 0 Å². The first-order valence-corrected chi connectivity index (χ1v) is 14.4. The fraction of sp³-hybridized carbons (Fsp3) is 0.714. The lowest BCUT2D eigenvalue weighted by molar-refractivity contribution is -0.330. The molecule has 19 heteroatoms. The highest BCUT2D eigenvalue weighted by molar-refractivity contribution is 5.74. The number of hydrogen-bond acceptors (Lipinski definition) is 17. The summed E-state index contributed by atoms with van der Waals surface area (Å²) in [7, 11) is 0. The Morgan fingerprint density at radius 3 is 1.23 bits per heavy atom. The van der Waals surface area contributed by atoms with Crippen molar-refractivity contribution in [2.24, 2.45) is 0 Å². The summed E-state index contributed by atoms with van der Waals surface area (Å²) in [6, 6.07) is -2.86. The Labute approximate surface area is 269 Å². The molecule has 47 heavy (non-hydrogen) atoms. The van der Waals surface area contributed by atoms with Gasteiger partial charge < -0.3 is 53.3 Å². The van der Waals surface area contributed by atoms with Crippen molar-refractivity contribution in [3.8, 4) is 0 Å². The zero-order valence-corrected chi connectivity index (χ0v) is 27.1. The molecule has 264 valence electrons. The normalized spacial score (nSPS) is 30.0. The van der Waals surface area contributed by atoms with E-state index in [9.17, 15) is 38.4 Å². The molecular formula is C28H40N2O17. The Kier molecular flexibility index (Phi) is 14.5. The van der Waals surface area contributed by atoms with Crippen molar-refractivity contribution in [1.82, 2.24) is 10.6 Å². The molecule has 0 aromatic carbocycles. The number of ether oxygens (including phenoxy) is 9. The van der Waals surface area contributed by atoms with Crippen molar-refractivity contribution in [3.05, 3.63) is 0 Å². The van der Waals surface area contributed by atoms with E-state index in [2.05, 4.69) is 10.6 Å². The zero-order chi connectivity index (χ0) is 35.6. The van der Waals surface area contributed by atoms with Gasteiger partial charge in [0.25, 0.3) is 0 Å². The Balaban J connectivity index is 2.73. The van der Waals surface area contributed by atoms with Gasteiger partial charge in [-0.3, -0.25) is 38.4 Å². The summed E-state index contributed by atoms with van der Waals surface area (Å²) < 4.78 is 50.1. The molecule has 1 unspecified atom stereocenters. The minimum Gasteiger partial charge on any atom is -0.463 e. The van der Waals surface area contributed by atoms with Gasteiger partial charge in [-0.2, -0.15) is 0 Å². The molecule has 19 nitrogen and oxygen atoms in total. The molecule has 0 radical (unpaired) electrons. The second-order valence-electron chi connectivity index (χ2n) is 10.6. The van der Waals surface area contributed by atoms with Gasteiger partial charge in [0.2, 0.25) is 18.1 Å². The van der Waals surface area contributed by atoms with Gasteiger partial charge in [0.15, 0.2) is 24.6 Å². The molecule has 10 atom stereocenters. The fourth-order valence-electron chi connectivity index (χ4n) is 4.95. The van der Waals surface area contributed by atoms with Crippen molar-refractivity contribution in [3.63, 3.8) is 0 Å². The van der Waals surface area contributed by atoms with Gasteiger partial charge in [0, 0.05) is 55.4 Å². The number of carbonyl (C=O) groups excluding carboxylic acids is 8. The van der Waals surface area contributed by atoms with E-state index in [-0.39, 0.29) is 0 Å². The van der Waals surface area contributed by atoms with E-state index in [4.69, 9.17) is 42.6 Å². The Bertz CT molecular complexity index is 1210. The summed E-state index contributed by atoms with van der Waals surface area (Å²) in [4.78, 5) is 96.7. The first kappa shape index (κ1) is 38.8. The summed E-state index contributed by atoms with van der Waals surface area (Å²) in [5, 5.41) is 5.02. The van der Waals surface area contributed by atoms with Crippen LogP contribution in [-0.4, -0.2) is 122 Å². The summed E-state index contributed by atoms with van der Waals surface area (Å²) in [6.07, 6.45) is -12.1. The maximum absolute atomic E-state index is 12.4. The van der Waals surface area contributed by atoms with Crippen LogP contribution in [0, 0.1) is 0 Å². The molecule has 0 spiro atoms. The fourth-order valence-corrected chi connectivity index (χ4v) is 4.95. The summed E-state index contributed by atoms with van der Waals surface area (Å²) in [5.41, 5.74) is 0. The number of nitrogens with one attached hydrogen (secondary N) is 2. The minimum absolute atomic E-state index is 0.549. The minimum atomic E-state index is -1.69. The standard InChI is InChI=1S/C28H40N2O17/c1-11(31)29-21-26(43-17(7)37)24(20(10-40-14(4)34)45-27(21)44-18(8)38)47-28-22(30-12(2)32)25(42-16(6)36)23(41-15(5)35)19(46-28)9-39-13(3)33/h19-28H,9-10H2,1-8H3,(H,29,31)(H,30,32)/t19-,20-,21-,22-,23-,24-,25-,26-,27?,28-/m1/s1. The van der Waals surface area contributed by atoms with Crippen molar-refractivity contribution in [2.45, 2.75) is 117 Å². The summed E-state index contributed by atoms with van der Waals surface area (Å²) >= 11 is 0. The highest BCUT2D eigenvalue weighted by atomic mass is 16.8. The Morgan fingerprint density at radius 2 is 0.830 bits per heavy atom. The molecule has 0 aromatic heterocycles. The van der Waals surface area contributed by atoms with E-state index in [0.717, 1.165) is 55.4 Å². The van der Waals surface area contributed by atoms with Gasteiger partial charge in [-0.1, -0.05) is 0 Å². The molecular weight excluding hydrogens is 636 g/mol. The first-order valence-electron chi connectivity index (χ1n) is 14.4. The topological polar surface area (TPSA) is 244 Å². The molecule has 0 aromatic rings. The van der Waals surface area contributed by atoms with Crippen LogP contribution in [0.5, 0.6) is 0 Å². The van der Waals surface area contributed by atoms with E-state index in [1.54, 1.807) is 0 Å². The average Bonchev–Trinajstić information content (AvgIpc) is 2.91. The highest BCUT2D eigenvalue weighted by Crippen LogP contribution is 2.33. The van der Waals surface area contributed by atoms with Crippen LogP contribution in [0.3, 0.4) is 0 Å². The van der Waals surface area contributed by atoms with Gasteiger partial charge in [0.1, 0.15) is 43.6 Å². The van der Waals surface area contributed by atoms with Crippen LogP contribution in [-0.2, 0) is 81.0 Å². The van der Waals surface area contributed by atoms with E-state index < -0.39 is 122 Å². The lowest BCUT2D eigenvalue weighted by Crippen LogP contribution is -2.70. The van der Waals surface area contributed by atoms with E-state index in [0.29, 0.717) is 0 Å². The van der Waals surface area contributed by atoms with Crippen molar-refractivity contribution in [1.29, 1.82) is 0 Å². The van der Waals surface area contributed by atoms with Crippen LogP contribution in [0.2, 0.25) is 0 Å². The largest absolute Gasteiger partial charge is 0.463 e. The summed E-state index contributed by atoms with van der Waals surface area (Å²) in [6.45, 7) is 7.56. The molecule has 0 saturated carbocycles. The molecule has 2 aliphatic rings. The molecule has 2 N–H and O–H groups in total. The van der Waals surface area contributed by atoms with Crippen molar-refractivity contribution in [2.75, 3.05) is 13.2 Å². The van der Waals surface area contributed by atoms with Gasteiger partial charge in [-0.15, -0.1) is 0 Å². The monoisotopic (exact) mass is 676 g/mol. The molecule has 2 amide bonds. The Morgan fingerprint density at radius 1 is 0.468 bits per heavy atom. The molecule has 2 fully saturated rings. The predicted octanol–water partition coefficient (Wildman–Crippen LogP) is -1.68. The summed E-state index contributed by atoms with van der Waals surface area (Å²) in [5.74, 6) is -6.25. The van der Waals surface area contributed by atoms with E-state index >= 15 is 0 Å².